The maximum atomic E-state index is 6.03. The van der Waals surface area contributed by atoms with Crippen LogP contribution in [0.1, 0.15) is 58.3 Å². The molecule has 2 aliphatic carbocycles. The number of rotatable bonds is 5. The van der Waals surface area contributed by atoms with E-state index in [4.69, 9.17) is 4.74 Å². The summed E-state index contributed by atoms with van der Waals surface area (Å²) in [4.78, 5) is 7.14. The van der Waals surface area contributed by atoms with Crippen LogP contribution in [0, 0.1) is 11.3 Å². The predicted molar refractivity (Wildman–Crippen MR) is 102 cm³/mol. The largest absolute Gasteiger partial charge is 0.377 e. The normalized spacial score (nSPS) is 37.3. The molecule has 0 amide bonds. The van der Waals surface area contributed by atoms with E-state index in [1.165, 1.54) is 64.5 Å². The lowest BCUT2D eigenvalue weighted by molar-refractivity contribution is -0.171. The average Bonchev–Trinajstić information content (AvgIpc) is 2.99. The highest BCUT2D eigenvalue weighted by molar-refractivity contribution is 5.80. The van der Waals surface area contributed by atoms with Gasteiger partial charge >= 0.3 is 0 Å². The van der Waals surface area contributed by atoms with Crippen molar-refractivity contribution in [1.82, 2.24) is 15.5 Å². The topological polar surface area (TPSA) is 48.9 Å². The summed E-state index contributed by atoms with van der Waals surface area (Å²) in [7, 11) is 1.90. The number of fused-ring (bicyclic) bond motifs is 2. The van der Waals surface area contributed by atoms with Crippen molar-refractivity contribution < 1.29 is 4.74 Å². The van der Waals surface area contributed by atoms with Gasteiger partial charge in [0.15, 0.2) is 5.96 Å². The van der Waals surface area contributed by atoms with Crippen LogP contribution in [0.4, 0.5) is 0 Å². The molecule has 2 heterocycles. The van der Waals surface area contributed by atoms with E-state index in [0.29, 0.717) is 23.5 Å². The van der Waals surface area contributed by atoms with E-state index < -0.39 is 0 Å². The minimum absolute atomic E-state index is 0.419. The van der Waals surface area contributed by atoms with Crippen LogP contribution < -0.4 is 10.6 Å². The second-order valence-corrected chi connectivity index (χ2v) is 8.69. The minimum atomic E-state index is 0.419. The third-order valence-electron chi connectivity index (χ3n) is 7.41. The molecule has 0 aromatic rings. The zero-order valence-corrected chi connectivity index (χ0v) is 16.1. The van der Waals surface area contributed by atoms with E-state index in [9.17, 15) is 0 Å². The summed E-state index contributed by atoms with van der Waals surface area (Å²) in [6, 6.07) is 1.33. The standard InChI is InChI=1S/C20H36N4O/c1-15-7-3-4-12-24(15)13-6-11-22-19(21-2)23-17-16-8-14-25-18(16)20(17)9-5-10-20/h15-18H,3-14H2,1-2H3,(H2,21,22,23). The molecule has 2 saturated carbocycles. The number of aliphatic imine (C=N–C) groups is 1. The van der Waals surface area contributed by atoms with E-state index in [0.717, 1.165) is 25.2 Å². The van der Waals surface area contributed by atoms with E-state index in [2.05, 4.69) is 27.4 Å². The van der Waals surface area contributed by atoms with Gasteiger partial charge in [-0.3, -0.25) is 4.99 Å². The Kier molecular flexibility index (Phi) is 5.23. The average molecular weight is 349 g/mol. The molecule has 4 aliphatic rings. The number of hydrogen-bond donors (Lipinski definition) is 2. The Morgan fingerprint density at radius 3 is 2.84 bits per heavy atom. The predicted octanol–water partition coefficient (Wildman–Crippen LogP) is 2.37. The van der Waals surface area contributed by atoms with Gasteiger partial charge in [-0.05, 0) is 52.0 Å². The fourth-order valence-corrected chi connectivity index (χ4v) is 5.78. The second-order valence-electron chi connectivity index (χ2n) is 8.69. The monoisotopic (exact) mass is 348 g/mol. The molecule has 1 spiro atoms. The van der Waals surface area contributed by atoms with Gasteiger partial charge in [0.25, 0.3) is 0 Å². The van der Waals surface area contributed by atoms with Gasteiger partial charge in [0.2, 0.25) is 0 Å². The Labute approximate surface area is 153 Å². The van der Waals surface area contributed by atoms with E-state index in [-0.39, 0.29) is 0 Å². The number of nitrogens with zero attached hydrogens (tertiary/aromatic N) is 2. The third kappa shape index (κ3) is 3.18. The van der Waals surface area contributed by atoms with Crippen molar-refractivity contribution in [2.75, 3.05) is 33.3 Å². The van der Waals surface area contributed by atoms with Crippen molar-refractivity contribution in [3.63, 3.8) is 0 Å². The molecule has 4 rings (SSSR count). The fraction of sp³-hybridized carbons (Fsp3) is 0.950. The summed E-state index contributed by atoms with van der Waals surface area (Å²) >= 11 is 0. The lowest BCUT2D eigenvalue weighted by atomic mass is 9.46. The summed E-state index contributed by atoms with van der Waals surface area (Å²) in [5, 5.41) is 7.32. The molecule has 0 bridgehead atoms. The molecule has 5 heteroatoms. The molecular weight excluding hydrogens is 312 g/mol. The molecule has 4 fully saturated rings. The van der Waals surface area contributed by atoms with Crippen molar-refractivity contribution >= 4 is 5.96 Å². The third-order valence-corrected chi connectivity index (χ3v) is 7.41. The second kappa shape index (κ2) is 7.43. The molecule has 0 aromatic carbocycles. The smallest absolute Gasteiger partial charge is 0.191 e. The van der Waals surface area contributed by atoms with Crippen LogP contribution >= 0.6 is 0 Å². The first-order valence-corrected chi connectivity index (χ1v) is 10.6. The highest BCUT2D eigenvalue weighted by atomic mass is 16.5. The number of guanidine groups is 1. The van der Waals surface area contributed by atoms with Gasteiger partial charge in [0, 0.05) is 50.2 Å². The van der Waals surface area contributed by atoms with Crippen molar-refractivity contribution in [2.24, 2.45) is 16.3 Å². The summed E-state index contributed by atoms with van der Waals surface area (Å²) in [6.07, 6.45) is 11.1. The molecule has 2 aliphatic heterocycles. The summed E-state index contributed by atoms with van der Waals surface area (Å²) < 4.78 is 6.03. The van der Waals surface area contributed by atoms with Crippen molar-refractivity contribution in [3.8, 4) is 0 Å². The lowest BCUT2D eigenvalue weighted by Crippen LogP contribution is -2.72. The van der Waals surface area contributed by atoms with Gasteiger partial charge in [-0.1, -0.05) is 12.8 Å². The van der Waals surface area contributed by atoms with Gasteiger partial charge in [-0.25, -0.2) is 0 Å². The molecule has 4 atom stereocenters. The Balaban J connectivity index is 1.22. The van der Waals surface area contributed by atoms with Gasteiger partial charge in [-0.15, -0.1) is 0 Å². The first kappa shape index (κ1) is 17.6. The van der Waals surface area contributed by atoms with Crippen LogP contribution in [-0.4, -0.2) is 62.3 Å². The first-order chi connectivity index (χ1) is 12.2. The fourth-order valence-electron chi connectivity index (χ4n) is 5.78. The number of ether oxygens (including phenoxy) is 1. The molecule has 142 valence electrons. The van der Waals surface area contributed by atoms with Crippen molar-refractivity contribution in [3.05, 3.63) is 0 Å². The lowest BCUT2D eigenvalue weighted by Gasteiger charge is -2.63. The SMILES string of the molecule is CN=C(NCCCN1CCCCC1C)NC1C2CCOC2C12CCC2. The van der Waals surface area contributed by atoms with Crippen LogP contribution in [-0.2, 0) is 4.74 Å². The van der Waals surface area contributed by atoms with Crippen LogP contribution in [0.3, 0.4) is 0 Å². The number of nitrogens with one attached hydrogen (secondary N) is 2. The summed E-state index contributed by atoms with van der Waals surface area (Å²) in [5.41, 5.74) is 0.419. The van der Waals surface area contributed by atoms with Crippen LogP contribution in [0.15, 0.2) is 4.99 Å². The molecular formula is C20H36N4O. The highest BCUT2D eigenvalue weighted by Gasteiger charge is 2.66. The van der Waals surface area contributed by atoms with Crippen molar-refractivity contribution in [1.29, 1.82) is 0 Å². The number of hydrogen-bond acceptors (Lipinski definition) is 3. The summed E-state index contributed by atoms with van der Waals surface area (Å²) in [6.45, 7) is 6.82. The Morgan fingerprint density at radius 1 is 1.24 bits per heavy atom. The van der Waals surface area contributed by atoms with E-state index >= 15 is 0 Å². The molecule has 5 nitrogen and oxygen atoms in total. The Hall–Kier alpha value is -0.810. The summed E-state index contributed by atoms with van der Waals surface area (Å²) in [5.74, 6) is 1.70. The molecule has 0 aromatic heterocycles. The number of likely N-dealkylation sites (tertiary alicyclic amines) is 1. The quantitative estimate of drug-likeness (QED) is 0.455. The van der Waals surface area contributed by atoms with Crippen LogP contribution in [0.2, 0.25) is 0 Å². The molecule has 2 N–H and O–H groups in total. The Bertz CT molecular complexity index is 490. The van der Waals surface area contributed by atoms with E-state index in [1.54, 1.807) is 0 Å². The van der Waals surface area contributed by atoms with Gasteiger partial charge < -0.3 is 20.3 Å². The Morgan fingerprint density at radius 2 is 2.12 bits per heavy atom. The molecule has 2 saturated heterocycles. The molecule has 0 radical (unpaired) electrons. The minimum Gasteiger partial charge on any atom is -0.377 e. The van der Waals surface area contributed by atoms with Gasteiger partial charge in [0.1, 0.15) is 0 Å². The van der Waals surface area contributed by atoms with Crippen LogP contribution in [0.5, 0.6) is 0 Å². The zero-order valence-electron chi connectivity index (χ0n) is 16.1. The molecule has 25 heavy (non-hydrogen) atoms. The maximum absolute atomic E-state index is 6.03. The van der Waals surface area contributed by atoms with Gasteiger partial charge in [0.05, 0.1) is 6.10 Å². The maximum Gasteiger partial charge on any atom is 0.191 e. The van der Waals surface area contributed by atoms with Crippen molar-refractivity contribution in [2.45, 2.75) is 76.5 Å². The number of piperidine rings is 1. The first-order valence-electron chi connectivity index (χ1n) is 10.6. The van der Waals surface area contributed by atoms with E-state index in [1.807, 2.05) is 7.05 Å². The highest BCUT2D eigenvalue weighted by Crippen LogP contribution is 2.62. The molecule has 4 unspecified atom stereocenters. The van der Waals surface area contributed by atoms with Crippen LogP contribution in [0.25, 0.3) is 0 Å². The zero-order chi connectivity index (χ0) is 17.3. The van der Waals surface area contributed by atoms with Gasteiger partial charge in [-0.2, -0.15) is 0 Å².